The van der Waals surface area contributed by atoms with E-state index in [1.165, 1.54) is 16.0 Å². The lowest BCUT2D eigenvalue weighted by Crippen LogP contribution is -1.95. The second-order valence-corrected chi connectivity index (χ2v) is 5.12. The van der Waals surface area contributed by atoms with E-state index in [4.69, 9.17) is 11.6 Å². The van der Waals surface area contributed by atoms with Crippen LogP contribution in [0.15, 0.2) is 41.8 Å². The van der Waals surface area contributed by atoms with Gasteiger partial charge in [-0.25, -0.2) is 0 Å². The molecule has 0 saturated heterocycles. The molecule has 15 heavy (non-hydrogen) atoms. The van der Waals surface area contributed by atoms with Crippen LogP contribution in [0.4, 0.5) is 0 Å². The zero-order valence-corrected chi connectivity index (χ0v) is 10.2. The minimum atomic E-state index is 0.103. The molecule has 0 spiro atoms. The van der Waals surface area contributed by atoms with Crippen molar-refractivity contribution in [1.29, 1.82) is 0 Å². The number of alkyl halides is 1. The van der Waals surface area contributed by atoms with Gasteiger partial charge in [0.05, 0.1) is 5.38 Å². The molecular weight excluding hydrogens is 224 g/mol. The average molecular weight is 237 g/mol. The van der Waals surface area contributed by atoms with Crippen molar-refractivity contribution in [2.45, 2.75) is 18.7 Å². The van der Waals surface area contributed by atoms with Gasteiger partial charge >= 0.3 is 0 Å². The zero-order valence-electron chi connectivity index (χ0n) is 8.61. The highest BCUT2D eigenvalue weighted by atomic mass is 35.5. The number of halogens is 1. The van der Waals surface area contributed by atoms with Gasteiger partial charge in [-0.3, -0.25) is 0 Å². The number of aryl methyl sites for hydroxylation is 1. The summed E-state index contributed by atoms with van der Waals surface area (Å²) < 4.78 is 0. The summed E-state index contributed by atoms with van der Waals surface area (Å²) in [6.07, 6.45) is 0.911. The van der Waals surface area contributed by atoms with E-state index in [0.29, 0.717) is 0 Å². The first-order valence-corrected chi connectivity index (χ1v) is 6.31. The lowest BCUT2D eigenvalue weighted by atomic mass is 10.0. The molecule has 2 aromatic rings. The summed E-state index contributed by atoms with van der Waals surface area (Å²) in [7, 11) is 0. The van der Waals surface area contributed by atoms with Crippen molar-refractivity contribution >= 4 is 22.9 Å². The molecule has 0 bridgehead atoms. The first-order chi connectivity index (χ1) is 7.27. The van der Waals surface area contributed by atoms with Crippen LogP contribution in [0.5, 0.6) is 0 Å². The molecule has 1 aromatic heterocycles. The average Bonchev–Trinajstić information content (AvgIpc) is 2.74. The molecule has 0 radical (unpaired) electrons. The summed E-state index contributed by atoms with van der Waals surface area (Å²) in [5, 5.41) is 2.17. The van der Waals surface area contributed by atoms with E-state index in [1.54, 1.807) is 11.3 Å². The summed E-state index contributed by atoms with van der Waals surface area (Å²) in [6.45, 7) is 2.13. The van der Waals surface area contributed by atoms with Crippen molar-refractivity contribution in [3.63, 3.8) is 0 Å². The molecule has 0 fully saturated rings. The molecule has 2 rings (SSSR count). The smallest absolute Gasteiger partial charge is 0.0718 e. The fourth-order valence-corrected chi connectivity index (χ4v) is 2.70. The van der Waals surface area contributed by atoms with E-state index in [-0.39, 0.29) is 5.38 Å². The molecule has 0 aliphatic heterocycles. The normalized spacial score (nSPS) is 12.7. The van der Waals surface area contributed by atoms with Crippen LogP contribution in [0.3, 0.4) is 0 Å². The molecule has 0 aliphatic rings. The fourth-order valence-electron chi connectivity index (χ4n) is 1.60. The third-order valence-corrected chi connectivity index (χ3v) is 4.02. The van der Waals surface area contributed by atoms with Gasteiger partial charge in [0.1, 0.15) is 0 Å². The summed E-state index contributed by atoms with van der Waals surface area (Å²) in [6, 6.07) is 12.6. The Balaban J connectivity index is 2.13. The maximum absolute atomic E-state index is 6.36. The number of hydrogen-bond donors (Lipinski definition) is 0. The van der Waals surface area contributed by atoms with E-state index in [0.717, 1.165) is 6.42 Å². The highest BCUT2D eigenvalue weighted by Crippen LogP contribution is 2.29. The van der Waals surface area contributed by atoms with E-state index in [1.807, 2.05) is 6.07 Å². The van der Waals surface area contributed by atoms with Crippen LogP contribution in [0.25, 0.3) is 0 Å². The molecule has 1 heterocycles. The largest absolute Gasteiger partial charge is 0.147 e. The highest BCUT2D eigenvalue weighted by molar-refractivity contribution is 7.10. The van der Waals surface area contributed by atoms with Crippen molar-refractivity contribution in [1.82, 2.24) is 0 Å². The first kappa shape index (κ1) is 10.7. The van der Waals surface area contributed by atoms with Crippen LogP contribution in [0.1, 0.15) is 21.4 Å². The Morgan fingerprint density at radius 1 is 1.20 bits per heavy atom. The number of thiophene rings is 1. The number of rotatable bonds is 3. The predicted molar refractivity (Wildman–Crippen MR) is 67.8 cm³/mol. The maximum Gasteiger partial charge on any atom is 0.0718 e. The van der Waals surface area contributed by atoms with Gasteiger partial charge in [0.25, 0.3) is 0 Å². The molecule has 0 aliphatic carbocycles. The molecule has 2 heteroatoms. The minimum Gasteiger partial charge on any atom is -0.147 e. The van der Waals surface area contributed by atoms with Gasteiger partial charge in [0.15, 0.2) is 0 Å². The molecule has 1 aromatic carbocycles. The predicted octanol–water partition coefficient (Wildman–Crippen LogP) is 4.58. The molecule has 78 valence electrons. The lowest BCUT2D eigenvalue weighted by Gasteiger charge is -2.09. The van der Waals surface area contributed by atoms with Crippen LogP contribution >= 0.6 is 22.9 Å². The summed E-state index contributed by atoms with van der Waals surface area (Å²) in [5.74, 6) is 0. The fraction of sp³-hybridized carbons (Fsp3) is 0.231. The molecule has 0 amide bonds. The Morgan fingerprint density at radius 3 is 2.67 bits per heavy atom. The van der Waals surface area contributed by atoms with Crippen molar-refractivity contribution < 1.29 is 0 Å². The third-order valence-electron chi connectivity index (χ3n) is 2.51. The van der Waals surface area contributed by atoms with Crippen LogP contribution in [-0.2, 0) is 6.42 Å². The topological polar surface area (TPSA) is 0 Å². The van der Waals surface area contributed by atoms with Crippen LogP contribution in [-0.4, -0.2) is 0 Å². The Hall–Kier alpha value is -0.790. The molecule has 1 atom stereocenters. The van der Waals surface area contributed by atoms with Gasteiger partial charge in [0, 0.05) is 4.88 Å². The molecular formula is C13H13ClS. The minimum absolute atomic E-state index is 0.103. The summed E-state index contributed by atoms with van der Waals surface area (Å²) in [4.78, 5) is 1.25. The van der Waals surface area contributed by atoms with Crippen molar-refractivity contribution in [3.05, 3.63) is 57.8 Å². The molecule has 1 unspecified atom stereocenters. The van der Waals surface area contributed by atoms with E-state index >= 15 is 0 Å². The van der Waals surface area contributed by atoms with Gasteiger partial charge in [-0.1, -0.05) is 30.3 Å². The number of benzene rings is 1. The quantitative estimate of drug-likeness (QED) is 0.685. The van der Waals surface area contributed by atoms with Gasteiger partial charge in [-0.15, -0.1) is 22.9 Å². The van der Waals surface area contributed by atoms with E-state index < -0.39 is 0 Å². The summed E-state index contributed by atoms with van der Waals surface area (Å²) >= 11 is 8.09. The highest BCUT2D eigenvalue weighted by Gasteiger charge is 2.10. The maximum atomic E-state index is 6.36. The Kier molecular flexibility index (Phi) is 3.45. The van der Waals surface area contributed by atoms with Crippen molar-refractivity contribution in [2.75, 3.05) is 0 Å². The molecule has 0 saturated carbocycles. The van der Waals surface area contributed by atoms with Crippen LogP contribution in [0.2, 0.25) is 0 Å². The Morgan fingerprint density at radius 2 is 2.00 bits per heavy atom. The van der Waals surface area contributed by atoms with Gasteiger partial charge in [0.2, 0.25) is 0 Å². The molecule has 0 nitrogen and oxygen atoms in total. The third kappa shape index (κ3) is 2.61. The standard InChI is InChI=1S/C13H13ClS/c1-10-5-2-3-6-11(10)9-12(14)13-7-4-8-15-13/h2-8,12H,9H2,1H3. The van der Waals surface area contributed by atoms with Gasteiger partial charge in [-0.05, 0) is 35.9 Å². The van der Waals surface area contributed by atoms with Crippen molar-refractivity contribution in [2.24, 2.45) is 0 Å². The SMILES string of the molecule is Cc1ccccc1CC(Cl)c1cccs1. The lowest BCUT2D eigenvalue weighted by molar-refractivity contribution is 0.930. The van der Waals surface area contributed by atoms with Crippen LogP contribution in [0, 0.1) is 6.92 Å². The second kappa shape index (κ2) is 4.82. The monoisotopic (exact) mass is 236 g/mol. The Labute approximate surface area is 99.5 Å². The summed E-state index contributed by atoms with van der Waals surface area (Å²) in [5.41, 5.74) is 2.66. The number of hydrogen-bond acceptors (Lipinski definition) is 1. The van der Waals surface area contributed by atoms with Gasteiger partial charge < -0.3 is 0 Å². The van der Waals surface area contributed by atoms with Crippen molar-refractivity contribution in [3.8, 4) is 0 Å². The zero-order chi connectivity index (χ0) is 10.7. The van der Waals surface area contributed by atoms with E-state index in [2.05, 4.69) is 42.6 Å². The van der Waals surface area contributed by atoms with Gasteiger partial charge in [-0.2, -0.15) is 0 Å². The van der Waals surface area contributed by atoms with Crippen LogP contribution < -0.4 is 0 Å². The second-order valence-electron chi connectivity index (χ2n) is 3.61. The first-order valence-electron chi connectivity index (χ1n) is 4.99. The Bertz CT molecular complexity index is 420. The van der Waals surface area contributed by atoms with E-state index in [9.17, 15) is 0 Å². The molecule has 0 N–H and O–H groups in total.